The summed E-state index contributed by atoms with van der Waals surface area (Å²) in [5.74, 6) is 0.459. The molecule has 23 heavy (non-hydrogen) atoms. The minimum Gasteiger partial charge on any atom is -0.387 e. The molecule has 1 amide bonds. The molecule has 0 aliphatic carbocycles. The number of nitrogens with one attached hydrogen (secondary N) is 1. The highest BCUT2D eigenvalue weighted by molar-refractivity contribution is 6.12. The number of aliphatic imine (C=N–C) groups is 2. The minimum atomic E-state index is -1.13. The zero-order valence-corrected chi connectivity index (χ0v) is 12.9. The molecule has 2 aromatic rings. The molecular formula is C18H18N4O. The van der Waals surface area contributed by atoms with Crippen molar-refractivity contribution in [2.24, 2.45) is 15.7 Å². The standard InChI is InChI=1S/C18H18N4O/c1-2-15(19)20-17-21-16(23)18(22-17,13-9-5-3-6-10-13)14-11-7-4-8-12-14/h3-12H,2H2,1H3,(H3,19,20,21,22,23). The van der Waals surface area contributed by atoms with Crippen molar-refractivity contribution < 1.29 is 4.79 Å². The predicted octanol–water partition coefficient (Wildman–Crippen LogP) is 2.18. The minimum absolute atomic E-state index is 0.224. The third-order valence-corrected chi connectivity index (χ3v) is 3.82. The zero-order chi connectivity index (χ0) is 16.3. The molecule has 0 spiro atoms. The SMILES string of the molecule is CC/C(N)=N\C1=NC(c2ccccc2)(c2ccccc2)C(=O)N1. The van der Waals surface area contributed by atoms with Crippen LogP contribution in [0.4, 0.5) is 0 Å². The zero-order valence-electron chi connectivity index (χ0n) is 12.9. The van der Waals surface area contributed by atoms with E-state index in [1.165, 1.54) is 0 Å². The first-order valence-electron chi connectivity index (χ1n) is 7.52. The maximum Gasteiger partial charge on any atom is 0.264 e. The Morgan fingerprint density at radius 3 is 2.09 bits per heavy atom. The number of amidine groups is 1. The summed E-state index contributed by atoms with van der Waals surface area (Å²) in [6.45, 7) is 1.90. The van der Waals surface area contributed by atoms with Crippen LogP contribution in [-0.2, 0) is 10.3 Å². The predicted molar refractivity (Wildman–Crippen MR) is 91.2 cm³/mol. The lowest BCUT2D eigenvalue weighted by Gasteiger charge is -2.24. The lowest BCUT2D eigenvalue weighted by atomic mass is 9.83. The lowest BCUT2D eigenvalue weighted by molar-refractivity contribution is -0.122. The molecule has 3 N–H and O–H groups in total. The van der Waals surface area contributed by atoms with Gasteiger partial charge in [-0.1, -0.05) is 67.6 Å². The van der Waals surface area contributed by atoms with Gasteiger partial charge in [0.1, 0.15) is 5.84 Å². The van der Waals surface area contributed by atoms with Crippen LogP contribution < -0.4 is 11.1 Å². The Morgan fingerprint density at radius 1 is 1.09 bits per heavy atom. The number of amides is 1. The van der Waals surface area contributed by atoms with E-state index in [0.29, 0.717) is 12.3 Å². The average Bonchev–Trinajstić information content (AvgIpc) is 2.93. The molecule has 1 heterocycles. The average molecular weight is 306 g/mol. The van der Waals surface area contributed by atoms with Crippen LogP contribution in [0.2, 0.25) is 0 Å². The van der Waals surface area contributed by atoms with Gasteiger partial charge in [0, 0.05) is 6.42 Å². The highest BCUT2D eigenvalue weighted by Crippen LogP contribution is 2.36. The first-order valence-corrected chi connectivity index (χ1v) is 7.52. The van der Waals surface area contributed by atoms with Crippen LogP contribution in [0.3, 0.4) is 0 Å². The van der Waals surface area contributed by atoms with Gasteiger partial charge in [0.2, 0.25) is 5.96 Å². The Kier molecular flexibility index (Phi) is 3.93. The topological polar surface area (TPSA) is 79.8 Å². The van der Waals surface area contributed by atoms with Crippen molar-refractivity contribution in [2.75, 3.05) is 0 Å². The van der Waals surface area contributed by atoms with E-state index in [-0.39, 0.29) is 11.9 Å². The Morgan fingerprint density at radius 2 is 1.61 bits per heavy atom. The molecule has 2 aromatic carbocycles. The number of guanidine groups is 1. The smallest absolute Gasteiger partial charge is 0.264 e. The maximum atomic E-state index is 12.8. The summed E-state index contributed by atoms with van der Waals surface area (Å²) in [6, 6.07) is 19.0. The van der Waals surface area contributed by atoms with E-state index in [2.05, 4.69) is 15.3 Å². The van der Waals surface area contributed by atoms with Crippen LogP contribution in [-0.4, -0.2) is 17.7 Å². The van der Waals surface area contributed by atoms with Crippen molar-refractivity contribution in [3.63, 3.8) is 0 Å². The van der Waals surface area contributed by atoms with Crippen LogP contribution in [0.5, 0.6) is 0 Å². The van der Waals surface area contributed by atoms with Gasteiger partial charge in [0.05, 0.1) is 0 Å². The molecule has 1 aliphatic heterocycles. The van der Waals surface area contributed by atoms with E-state index >= 15 is 0 Å². The van der Waals surface area contributed by atoms with Crippen molar-refractivity contribution in [3.05, 3.63) is 71.8 Å². The third kappa shape index (κ3) is 2.61. The summed E-state index contributed by atoms with van der Waals surface area (Å²) in [7, 11) is 0. The summed E-state index contributed by atoms with van der Waals surface area (Å²) in [4.78, 5) is 21.7. The third-order valence-electron chi connectivity index (χ3n) is 3.82. The number of rotatable bonds is 3. The van der Waals surface area contributed by atoms with E-state index in [1.54, 1.807) is 0 Å². The van der Waals surface area contributed by atoms with Crippen LogP contribution in [0, 0.1) is 0 Å². The number of carbonyl (C=O) groups excluding carboxylic acids is 1. The van der Waals surface area contributed by atoms with Crippen LogP contribution in [0.15, 0.2) is 70.6 Å². The van der Waals surface area contributed by atoms with E-state index in [4.69, 9.17) is 5.73 Å². The fourth-order valence-corrected chi connectivity index (χ4v) is 2.61. The van der Waals surface area contributed by atoms with E-state index in [9.17, 15) is 4.79 Å². The number of benzene rings is 2. The second kappa shape index (κ2) is 6.04. The summed E-state index contributed by atoms with van der Waals surface area (Å²) >= 11 is 0. The summed E-state index contributed by atoms with van der Waals surface area (Å²) in [5.41, 5.74) is 6.24. The van der Waals surface area contributed by atoms with Crippen LogP contribution in [0.1, 0.15) is 24.5 Å². The number of hydrogen-bond donors (Lipinski definition) is 2. The molecule has 0 bridgehead atoms. The van der Waals surface area contributed by atoms with Crippen molar-refractivity contribution in [2.45, 2.75) is 18.9 Å². The Bertz CT molecular complexity index is 727. The molecular weight excluding hydrogens is 288 g/mol. The Hall–Kier alpha value is -2.95. The fourth-order valence-electron chi connectivity index (χ4n) is 2.61. The number of hydrogen-bond acceptors (Lipinski definition) is 3. The van der Waals surface area contributed by atoms with Gasteiger partial charge in [0.25, 0.3) is 5.91 Å². The monoisotopic (exact) mass is 306 g/mol. The first kappa shape index (κ1) is 15.0. The molecule has 5 heteroatoms. The number of carbonyl (C=O) groups is 1. The van der Waals surface area contributed by atoms with Gasteiger partial charge in [-0.3, -0.25) is 10.1 Å². The summed E-state index contributed by atoms with van der Waals surface area (Å²) in [5, 5.41) is 2.75. The van der Waals surface area contributed by atoms with Gasteiger partial charge < -0.3 is 5.73 Å². The van der Waals surface area contributed by atoms with Crippen molar-refractivity contribution in [1.29, 1.82) is 0 Å². The van der Waals surface area contributed by atoms with E-state index in [1.807, 2.05) is 67.6 Å². The molecule has 116 valence electrons. The molecule has 3 rings (SSSR count). The molecule has 1 aliphatic rings. The first-order chi connectivity index (χ1) is 11.2. The molecule has 0 aromatic heterocycles. The lowest BCUT2D eigenvalue weighted by Crippen LogP contribution is -2.38. The van der Waals surface area contributed by atoms with Gasteiger partial charge in [-0.15, -0.1) is 0 Å². The molecule has 0 saturated carbocycles. The highest BCUT2D eigenvalue weighted by atomic mass is 16.2. The second-order valence-electron chi connectivity index (χ2n) is 5.29. The second-order valence-corrected chi connectivity index (χ2v) is 5.29. The van der Waals surface area contributed by atoms with Gasteiger partial charge in [-0.2, -0.15) is 0 Å². The molecule has 5 nitrogen and oxygen atoms in total. The van der Waals surface area contributed by atoms with E-state index < -0.39 is 5.54 Å². The molecule has 0 unspecified atom stereocenters. The number of nitrogens with zero attached hydrogens (tertiary/aromatic N) is 2. The molecule has 0 saturated heterocycles. The Labute approximate surface area is 135 Å². The van der Waals surface area contributed by atoms with Crippen molar-refractivity contribution in [3.8, 4) is 0 Å². The van der Waals surface area contributed by atoms with Crippen LogP contribution in [0.25, 0.3) is 0 Å². The van der Waals surface area contributed by atoms with Crippen LogP contribution >= 0.6 is 0 Å². The largest absolute Gasteiger partial charge is 0.387 e. The normalized spacial score (nSPS) is 16.8. The van der Waals surface area contributed by atoms with Gasteiger partial charge in [-0.05, 0) is 11.1 Å². The molecule has 0 atom stereocenters. The fraction of sp³-hybridized carbons (Fsp3) is 0.167. The van der Waals surface area contributed by atoms with Crippen molar-refractivity contribution >= 4 is 17.7 Å². The van der Waals surface area contributed by atoms with Gasteiger partial charge >= 0.3 is 0 Å². The van der Waals surface area contributed by atoms with Crippen molar-refractivity contribution in [1.82, 2.24) is 5.32 Å². The summed E-state index contributed by atoms with van der Waals surface area (Å²) < 4.78 is 0. The summed E-state index contributed by atoms with van der Waals surface area (Å²) in [6.07, 6.45) is 0.596. The quantitative estimate of drug-likeness (QED) is 0.673. The molecule has 0 radical (unpaired) electrons. The van der Waals surface area contributed by atoms with Gasteiger partial charge in [0.15, 0.2) is 5.54 Å². The number of nitrogens with two attached hydrogens (primary N) is 1. The van der Waals surface area contributed by atoms with E-state index in [0.717, 1.165) is 11.1 Å². The molecule has 0 fully saturated rings. The Balaban J connectivity index is 2.20. The maximum absolute atomic E-state index is 12.8. The van der Waals surface area contributed by atoms with Gasteiger partial charge in [-0.25, -0.2) is 9.98 Å². The highest BCUT2D eigenvalue weighted by Gasteiger charge is 2.46.